The third-order valence-electron chi connectivity index (χ3n) is 4.12. The van der Waals surface area contributed by atoms with Crippen molar-refractivity contribution in [3.05, 3.63) is 28.3 Å². The van der Waals surface area contributed by atoms with Gasteiger partial charge in [-0.1, -0.05) is 11.6 Å². The topological polar surface area (TPSA) is 75.7 Å². The Morgan fingerprint density at radius 1 is 1.38 bits per heavy atom. The Bertz CT molecular complexity index is 698. The van der Waals surface area contributed by atoms with E-state index in [-0.39, 0.29) is 30.3 Å². The second-order valence-corrected chi connectivity index (χ2v) is 8.59. The summed E-state index contributed by atoms with van der Waals surface area (Å²) in [5, 5.41) is 3.38. The van der Waals surface area contributed by atoms with Gasteiger partial charge in [0, 0.05) is 17.6 Å². The summed E-state index contributed by atoms with van der Waals surface area (Å²) in [5.41, 5.74) is 1.81. The summed E-state index contributed by atoms with van der Waals surface area (Å²) >= 11 is 6.11. The minimum atomic E-state index is -3.03. The van der Waals surface area contributed by atoms with E-state index in [0.717, 1.165) is 11.1 Å². The Balaban J connectivity index is 1.90. The number of ether oxygens (including phenoxy) is 1. The highest BCUT2D eigenvalue weighted by atomic mass is 35.5. The van der Waals surface area contributed by atoms with Crippen molar-refractivity contribution in [1.82, 2.24) is 10.2 Å². The Hall–Kier alpha value is -1.47. The van der Waals surface area contributed by atoms with Gasteiger partial charge in [-0.2, -0.15) is 0 Å². The summed E-state index contributed by atoms with van der Waals surface area (Å²) in [5.74, 6) is 0.799. The predicted molar refractivity (Wildman–Crippen MR) is 94.4 cm³/mol. The first-order valence-corrected chi connectivity index (χ1v) is 10.1. The van der Waals surface area contributed by atoms with Crippen molar-refractivity contribution < 1.29 is 17.9 Å². The molecular weight excluding hydrogens is 352 g/mol. The third-order valence-corrected chi connectivity index (χ3v) is 6.47. The third kappa shape index (κ3) is 4.54. The molecule has 1 aromatic rings. The lowest BCUT2D eigenvalue weighted by Crippen LogP contribution is -2.47. The minimum absolute atomic E-state index is 0.00924. The van der Waals surface area contributed by atoms with Crippen LogP contribution in [-0.4, -0.2) is 50.2 Å². The zero-order valence-corrected chi connectivity index (χ0v) is 15.7. The fraction of sp³-hybridized carbons (Fsp3) is 0.562. The van der Waals surface area contributed by atoms with Crippen LogP contribution in [0.3, 0.4) is 0 Å². The van der Waals surface area contributed by atoms with Crippen molar-refractivity contribution in [1.29, 1.82) is 0 Å². The van der Waals surface area contributed by atoms with Gasteiger partial charge in [0.05, 0.1) is 11.5 Å². The maximum absolute atomic E-state index is 12.3. The maximum atomic E-state index is 12.3. The number of rotatable bonds is 5. The van der Waals surface area contributed by atoms with E-state index in [1.165, 1.54) is 0 Å². The number of sulfone groups is 1. The van der Waals surface area contributed by atoms with Gasteiger partial charge in [0.25, 0.3) is 0 Å². The number of hydrogen-bond acceptors (Lipinski definition) is 4. The van der Waals surface area contributed by atoms with Gasteiger partial charge in [0.1, 0.15) is 5.75 Å². The summed E-state index contributed by atoms with van der Waals surface area (Å²) in [6, 6.07) is 3.03. The summed E-state index contributed by atoms with van der Waals surface area (Å²) in [7, 11) is -3.03. The monoisotopic (exact) mass is 374 g/mol. The van der Waals surface area contributed by atoms with E-state index in [1.54, 1.807) is 4.90 Å². The number of aryl methyl sites for hydroxylation is 2. The molecule has 24 heavy (non-hydrogen) atoms. The van der Waals surface area contributed by atoms with E-state index in [0.29, 0.717) is 23.7 Å². The number of nitrogens with one attached hydrogen (secondary N) is 1. The Kier molecular flexibility index (Phi) is 5.98. The van der Waals surface area contributed by atoms with E-state index < -0.39 is 9.84 Å². The molecule has 6 nitrogen and oxygen atoms in total. The average molecular weight is 375 g/mol. The summed E-state index contributed by atoms with van der Waals surface area (Å²) in [6.45, 7) is 6.07. The molecule has 1 unspecified atom stereocenters. The standard InChI is InChI=1S/C16H23ClN2O4S/c1-4-19(13-5-6-24(21,22)9-13)16(20)18-10-23-14-7-11(2)15(17)12(3)8-14/h7-8,13H,4-6,9-10H2,1-3H3,(H,18,20). The molecule has 0 radical (unpaired) electrons. The van der Waals surface area contributed by atoms with Gasteiger partial charge in [-0.05, 0) is 50.5 Å². The first-order chi connectivity index (χ1) is 11.2. The Labute approximate surface area is 148 Å². The van der Waals surface area contributed by atoms with Gasteiger partial charge >= 0.3 is 6.03 Å². The highest BCUT2D eigenvalue weighted by molar-refractivity contribution is 7.91. The molecule has 1 N–H and O–H groups in total. The molecule has 1 aliphatic heterocycles. The molecule has 1 atom stereocenters. The van der Waals surface area contributed by atoms with E-state index in [2.05, 4.69) is 5.32 Å². The number of benzene rings is 1. The van der Waals surface area contributed by atoms with E-state index in [9.17, 15) is 13.2 Å². The molecule has 1 heterocycles. The molecule has 2 rings (SSSR count). The van der Waals surface area contributed by atoms with Crippen LogP contribution >= 0.6 is 11.6 Å². The lowest BCUT2D eigenvalue weighted by atomic mass is 10.1. The number of amides is 2. The van der Waals surface area contributed by atoms with Crippen LogP contribution in [0.2, 0.25) is 5.02 Å². The summed E-state index contributed by atoms with van der Waals surface area (Å²) in [6.07, 6.45) is 0.486. The lowest BCUT2D eigenvalue weighted by Gasteiger charge is -2.27. The second-order valence-electron chi connectivity index (χ2n) is 5.98. The number of nitrogens with zero attached hydrogens (tertiary/aromatic N) is 1. The molecule has 1 fully saturated rings. The van der Waals surface area contributed by atoms with Crippen LogP contribution in [0.4, 0.5) is 4.79 Å². The molecule has 1 aliphatic rings. The number of hydrogen-bond donors (Lipinski definition) is 1. The first-order valence-electron chi connectivity index (χ1n) is 7.88. The van der Waals surface area contributed by atoms with Crippen LogP contribution in [0, 0.1) is 13.8 Å². The van der Waals surface area contributed by atoms with Crippen LogP contribution in [0.25, 0.3) is 0 Å². The van der Waals surface area contributed by atoms with Crippen molar-refractivity contribution in [2.45, 2.75) is 33.2 Å². The molecule has 8 heteroatoms. The number of carbonyl (C=O) groups is 1. The lowest BCUT2D eigenvalue weighted by molar-refractivity contribution is 0.172. The van der Waals surface area contributed by atoms with E-state index in [4.69, 9.17) is 16.3 Å². The zero-order chi connectivity index (χ0) is 17.9. The van der Waals surface area contributed by atoms with E-state index >= 15 is 0 Å². The normalized spacial score (nSPS) is 19.1. The molecule has 0 aliphatic carbocycles. The highest BCUT2D eigenvalue weighted by Gasteiger charge is 2.33. The quantitative estimate of drug-likeness (QED) is 0.803. The van der Waals surface area contributed by atoms with Crippen molar-refractivity contribution >= 4 is 27.5 Å². The van der Waals surface area contributed by atoms with Crippen molar-refractivity contribution in [2.75, 3.05) is 24.8 Å². The van der Waals surface area contributed by atoms with Gasteiger partial charge in [0.2, 0.25) is 0 Å². The van der Waals surface area contributed by atoms with Crippen LogP contribution in [0.5, 0.6) is 5.75 Å². The highest BCUT2D eigenvalue weighted by Crippen LogP contribution is 2.25. The molecule has 2 amide bonds. The van der Waals surface area contributed by atoms with Crippen molar-refractivity contribution in [3.8, 4) is 5.75 Å². The Morgan fingerprint density at radius 3 is 2.50 bits per heavy atom. The number of halogens is 1. The largest absolute Gasteiger partial charge is 0.473 e. The molecule has 0 bridgehead atoms. The molecule has 1 aromatic carbocycles. The summed E-state index contributed by atoms with van der Waals surface area (Å²) < 4.78 is 28.7. The van der Waals surface area contributed by atoms with Crippen molar-refractivity contribution in [2.24, 2.45) is 0 Å². The van der Waals surface area contributed by atoms with Crippen LogP contribution in [0.15, 0.2) is 12.1 Å². The van der Waals surface area contributed by atoms with Crippen LogP contribution < -0.4 is 10.1 Å². The van der Waals surface area contributed by atoms with Gasteiger partial charge in [-0.15, -0.1) is 0 Å². The minimum Gasteiger partial charge on any atom is -0.473 e. The Morgan fingerprint density at radius 2 is 2.00 bits per heavy atom. The fourth-order valence-electron chi connectivity index (χ4n) is 2.86. The van der Waals surface area contributed by atoms with Gasteiger partial charge in [-0.25, -0.2) is 13.2 Å². The van der Waals surface area contributed by atoms with Gasteiger partial charge < -0.3 is 15.0 Å². The van der Waals surface area contributed by atoms with Crippen LogP contribution in [-0.2, 0) is 9.84 Å². The van der Waals surface area contributed by atoms with Crippen molar-refractivity contribution in [3.63, 3.8) is 0 Å². The first kappa shape index (κ1) is 18.9. The SMILES string of the molecule is CCN(C(=O)NCOc1cc(C)c(Cl)c(C)c1)C1CCS(=O)(=O)C1. The van der Waals surface area contributed by atoms with Gasteiger partial charge in [0.15, 0.2) is 16.6 Å². The fourth-order valence-corrected chi connectivity index (χ4v) is 4.70. The van der Waals surface area contributed by atoms with Gasteiger partial charge in [-0.3, -0.25) is 0 Å². The maximum Gasteiger partial charge on any atom is 0.320 e. The molecule has 1 saturated heterocycles. The second kappa shape index (κ2) is 7.61. The predicted octanol–water partition coefficient (Wildman–Crippen LogP) is 2.51. The summed E-state index contributed by atoms with van der Waals surface area (Å²) in [4.78, 5) is 13.8. The molecular formula is C16H23ClN2O4S. The van der Waals surface area contributed by atoms with Crippen LogP contribution in [0.1, 0.15) is 24.5 Å². The number of urea groups is 1. The smallest absolute Gasteiger partial charge is 0.320 e. The molecule has 0 saturated carbocycles. The molecule has 0 spiro atoms. The molecule has 0 aromatic heterocycles. The average Bonchev–Trinajstić information content (AvgIpc) is 2.85. The molecule has 134 valence electrons. The van der Waals surface area contributed by atoms with E-state index in [1.807, 2.05) is 32.9 Å². The number of carbonyl (C=O) groups excluding carboxylic acids is 1. The zero-order valence-electron chi connectivity index (χ0n) is 14.1.